The molecular formula is C10H12BrNO3S2. The fraction of sp³-hybridized carbons (Fsp3) is 0.500. The molecule has 1 amide bonds. The fourth-order valence-corrected chi connectivity index (χ4v) is 4.36. The summed E-state index contributed by atoms with van der Waals surface area (Å²) in [6.45, 7) is 0. The van der Waals surface area contributed by atoms with Crippen LogP contribution in [0.5, 0.6) is 0 Å². The Bertz CT molecular complexity index is 509. The van der Waals surface area contributed by atoms with Gasteiger partial charge < -0.3 is 5.32 Å². The third-order valence-corrected chi connectivity index (χ3v) is 5.94. The number of nitrogens with one attached hydrogen (secondary N) is 1. The van der Waals surface area contributed by atoms with Crippen molar-refractivity contribution in [3.8, 4) is 0 Å². The van der Waals surface area contributed by atoms with Crippen LogP contribution in [0.3, 0.4) is 0 Å². The highest BCUT2D eigenvalue weighted by atomic mass is 79.9. The topological polar surface area (TPSA) is 63.2 Å². The van der Waals surface area contributed by atoms with Crippen LogP contribution in [0.4, 0.5) is 0 Å². The first kappa shape index (κ1) is 13.0. The number of thiophene rings is 1. The fourth-order valence-electron chi connectivity index (χ4n) is 1.73. The molecule has 0 radical (unpaired) electrons. The molecule has 1 aromatic heterocycles. The minimum Gasteiger partial charge on any atom is -0.349 e. The van der Waals surface area contributed by atoms with Gasteiger partial charge in [-0.15, -0.1) is 11.3 Å². The van der Waals surface area contributed by atoms with Crippen LogP contribution >= 0.6 is 27.3 Å². The van der Waals surface area contributed by atoms with Crippen molar-refractivity contribution < 1.29 is 13.2 Å². The first-order valence-electron chi connectivity index (χ1n) is 5.21. The smallest absolute Gasteiger partial charge is 0.252 e. The van der Waals surface area contributed by atoms with Crippen molar-refractivity contribution in [2.24, 2.45) is 0 Å². The second kappa shape index (κ2) is 5.07. The normalized spacial score (nSPS) is 20.1. The quantitative estimate of drug-likeness (QED) is 0.895. The Hall–Kier alpha value is -0.400. The van der Waals surface area contributed by atoms with Crippen LogP contribution in [-0.2, 0) is 9.84 Å². The zero-order chi connectivity index (χ0) is 12.5. The van der Waals surface area contributed by atoms with E-state index >= 15 is 0 Å². The summed E-state index contributed by atoms with van der Waals surface area (Å²) in [5, 5.41) is 4.65. The van der Waals surface area contributed by atoms with Gasteiger partial charge in [-0.25, -0.2) is 8.42 Å². The highest BCUT2D eigenvalue weighted by Crippen LogP contribution is 2.21. The zero-order valence-electron chi connectivity index (χ0n) is 8.98. The average Bonchev–Trinajstić information content (AvgIpc) is 2.68. The molecular weight excluding hydrogens is 326 g/mol. The summed E-state index contributed by atoms with van der Waals surface area (Å²) in [7, 11) is -2.87. The highest BCUT2D eigenvalue weighted by Gasteiger charge is 2.25. The van der Waals surface area contributed by atoms with Crippen LogP contribution in [0, 0.1) is 0 Å². The van der Waals surface area contributed by atoms with Crippen molar-refractivity contribution in [3.05, 3.63) is 20.8 Å². The van der Waals surface area contributed by atoms with Gasteiger partial charge in [0.15, 0.2) is 0 Å². The maximum Gasteiger partial charge on any atom is 0.252 e. The summed E-state index contributed by atoms with van der Waals surface area (Å²) in [4.78, 5) is 11.8. The van der Waals surface area contributed by atoms with E-state index in [2.05, 4.69) is 21.2 Å². The molecule has 1 saturated heterocycles. The second-order valence-corrected chi connectivity index (χ2v) is 8.63. The average molecular weight is 338 g/mol. The number of hydrogen-bond donors (Lipinski definition) is 1. The van der Waals surface area contributed by atoms with E-state index in [1.807, 2.05) is 0 Å². The van der Waals surface area contributed by atoms with Gasteiger partial charge in [0.05, 0.1) is 20.9 Å². The summed E-state index contributed by atoms with van der Waals surface area (Å²) < 4.78 is 23.4. The summed E-state index contributed by atoms with van der Waals surface area (Å²) in [6.07, 6.45) is 1.03. The van der Waals surface area contributed by atoms with Crippen LogP contribution in [0.1, 0.15) is 23.2 Å². The number of amides is 1. The van der Waals surface area contributed by atoms with Crippen LogP contribution in [0.2, 0.25) is 0 Å². The molecule has 1 fully saturated rings. The van der Waals surface area contributed by atoms with Crippen molar-refractivity contribution in [2.45, 2.75) is 18.9 Å². The molecule has 0 bridgehead atoms. The van der Waals surface area contributed by atoms with E-state index in [4.69, 9.17) is 0 Å². The monoisotopic (exact) mass is 337 g/mol. The Morgan fingerprint density at radius 1 is 1.41 bits per heavy atom. The van der Waals surface area contributed by atoms with E-state index in [1.54, 1.807) is 11.4 Å². The largest absolute Gasteiger partial charge is 0.349 e. The molecule has 0 unspecified atom stereocenters. The van der Waals surface area contributed by atoms with Crippen molar-refractivity contribution in [2.75, 3.05) is 11.5 Å². The number of hydrogen-bond acceptors (Lipinski definition) is 4. The van der Waals surface area contributed by atoms with E-state index in [1.165, 1.54) is 11.3 Å². The predicted octanol–water partition coefficient (Wildman–Crippen LogP) is 1.82. The maximum atomic E-state index is 11.8. The third-order valence-electron chi connectivity index (χ3n) is 2.72. The van der Waals surface area contributed by atoms with E-state index < -0.39 is 9.84 Å². The Labute approximate surface area is 112 Å². The molecule has 1 aliphatic heterocycles. The molecule has 0 aliphatic carbocycles. The molecule has 0 spiro atoms. The minimum atomic E-state index is -2.87. The number of carbonyl (C=O) groups excluding carboxylic acids is 1. The van der Waals surface area contributed by atoms with Crippen LogP contribution < -0.4 is 5.32 Å². The van der Waals surface area contributed by atoms with Gasteiger partial charge in [-0.2, -0.15) is 0 Å². The number of sulfone groups is 1. The Balaban J connectivity index is 1.92. The van der Waals surface area contributed by atoms with Gasteiger partial charge in [0.25, 0.3) is 5.91 Å². The molecule has 1 aromatic rings. The van der Waals surface area contributed by atoms with E-state index in [0.717, 1.165) is 3.79 Å². The highest BCUT2D eigenvalue weighted by molar-refractivity contribution is 9.11. The van der Waals surface area contributed by atoms with Crippen LogP contribution in [-0.4, -0.2) is 31.9 Å². The van der Waals surface area contributed by atoms with Gasteiger partial charge in [-0.05, 0) is 34.8 Å². The van der Waals surface area contributed by atoms with Crippen LogP contribution in [0.15, 0.2) is 15.2 Å². The lowest BCUT2D eigenvalue weighted by molar-refractivity contribution is 0.0934. The Morgan fingerprint density at radius 3 is 2.59 bits per heavy atom. The van der Waals surface area contributed by atoms with Gasteiger partial charge in [-0.1, -0.05) is 0 Å². The molecule has 1 aliphatic rings. The van der Waals surface area contributed by atoms with Crippen molar-refractivity contribution in [3.63, 3.8) is 0 Å². The molecule has 7 heteroatoms. The van der Waals surface area contributed by atoms with E-state index in [9.17, 15) is 13.2 Å². The van der Waals surface area contributed by atoms with Gasteiger partial charge in [0.1, 0.15) is 9.84 Å². The van der Waals surface area contributed by atoms with Crippen molar-refractivity contribution >= 4 is 43.0 Å². The molecule has 94 valence electrons. The second-order valence-electron chi connectivity index (χ2n) is 4.04. The summed E-state index contributed by atoms with van der Waals surface area (Å²) >= 11 is 4.75. The molecule has 2 heterocycles. The summed E-state index contributed by atoms with van der Waals surface area (Å²) in [5.74, 6) is 0.215. The summed E-state index contributed by atoms with van der Waals surface area (Å²) in [5.41, 5.74) is 0.621. The molecule has 1 N–H and O–H groups in total. The maximum absolute atomic E-state index is 11.8. The number of carbonyl (C=O) groups is 1. The molecule has 0 atom stereocenters. The number of rotatable bonds is 2. The first-order valence-corrected chi connectivity index (χ1v) is 8.71. The standard InChI is InChI=1S/C10H12BrNO3S2/c11-9-5-7(6-16-9)10(13)12-8-1-3-17(14,15)4-2-8/h5-6,8H,1-4H2,(H,12,13). The lowest BCUT2D eigenvalue weighted by atomic mass is 10.1. The molecule has 0 saturated carbocycles. The molecule has 17 heavy (non-hydrogen) atoms. The lowest BCUT2D eigenvalue weighted by Crippen LogP contribution is -2.40. The van der Waals surface area contributed by atoms with Gasteiger partial charge in [0, 0.05) is 11.4 Å². The lowest BCUT2D eigenvalue weighted by Gasteiger charge is -2.22. The van der Waals surface area contributed by atoms with Crippen molar-refractivity contribution in [1.29, 1.82) is 0 Å². The van der Waals surface area contributed by atoms with Gasteiger partial charge in [-0.3, -0.25) is 4.79 Å². The number of halogens is 1. The van der Waals surface area contributed by atoms with E-state index in [-0.39, 0.29) is 23.5 Å². The molecule has 2 rings (SSSR count). The molecule has 4 nitrogen and oxygen atoms in total. The van der Waals surface area contributed by atoms with E-state index in [0.29, 0.717) is 18.4 Å². The Morgan fingerprint density at radius 2 is 2.06 bits per heavy atom. The summed E-state index contributed by atoms with van der Waals surface area (Å²) in [6, 6.07) is 1.74. The first-order chi connectivity index (χ1) is 7.96. The predicted molar refractivity (Wildman–Crippen MR) is 71.2 cm³/mol. The van der Waals surface area contributed by atoms with Gasteiger partial charge in [0.2, 0.25) is 0 Å². The third kappa shape index (κ3) is 3.53. The minimum absolute atomic E-state index is 0.0234. The molecule has 0 aromatic carbocycles. The van der Waals surface area contributed by atoms with Crippen LogP contribution in [0.25, 0.3) is 0 Å². The Kier molecular flexibility index (Phi) is 3.89. The van der Waals surface area contributed by atoms with Gasteiger partial charge >= 0.3 is 0 Å². The SMILES string of the molecule is O=C(NC1CCS(=O)(=O)CC1)c1csc(Br)c1. The van der Waals surface area contributed by atoms with Crippen molar-refractivity contribution in [1.82, 2.24) is 5.32 Å². The zero-order valence-corrected chi connectivity index (χ0v) is 12.2.